The summed E-state index contributed by atoms with van der Waals surface area (Å²) in [6, 6.07) is 3.72. The van der Waals surface area contributed by atoms with Crippen LogP contribution in [0.2, 0.25) is 0 Å². The first-order valence-corrected chi connectivity index (χ1v) is 6.69. The fourth-order valence-electron chi connectivity index (χ4n) is 1.52. The van der Waals surface area contributed by atoms with Gasteiger partial charge in [-0.2, -0.15) is 13.2 Å². The minimum atomic E-state index is -4.56. The van der Waals surface area contributed by atoms with E-state index in [4.69, 9.17) is 15.7 Å². The number of amidine groups is 1. The van der Waals surface area contributed by atoms with E-state index in [2.05, 4.69) is 5.16 Å². The van der Waals surface area contributed by atoms with E-state index in [0.717, 1.165) is 12.5 Å². The Balaban J connectivity index is 2.97. The quantitative estimate of drug-likeness (QED) is 0.212. The first kappa shape index (κ1) is 16.6. The molecule has 0 aliphatic carbocycles. The van der Waals surface area contributed by atoms with Crippen LogP contribution >= 0.6 is 11.8 Å². The van der Waals surface area contributed by atoms with Crippen molar-refractivity contribution in [2.24, 2.45) is 10.9 Å². The van der Waals surface area contributed by atoms with Gasteiger partial charge in [0.15, 0.2) is 5.84 Å². The van der Waals surface area contributed by atoms with Crippen LogP contribution in [0.5, 0.6) is 0 Å². The fourth-order valence-corrected chi connectivity index (χ4v) is 2.38. The molecular formula is C12H15F3N2O2S. The second kappa shape index (κ2) is 7.39. The number of methoxy groups -OCH3 is 1. The molecule has 0 unspecified atom stereocenters. The minimum absolute atomic E-state index is 0.332. The molecule has 1 aromatic rings. The van der Waals surface area contributed by atoms with E-state index in [1.54, 1.807) is 7.11 Å². The van der Waals surface area contributed by atoms with Crippen molar-refractivity contribution in [3.8, 4) is 0 Å². The van der Waals surface area contributed by atoms with Gasteiger partial charge in [-0.15, -0.1) is 11.8 Å². The molecule has 1 aromatic carbocycles. The number of hydrogen-bond donors (Lipinski definition) is 2. The number of nitrogens with two attached hydrogens (primary N) is 1. The minimum Gasteiger partial charge on any atom is -0.409 e. The summed E-state index contributed by atoms with van der Waals surface area (Å²) in [5, 5.41) is 11.1. The molecule has 0 aliphatic heterocycles. The highest BCUT2D eigenvalue weighted by Crippen LogP contribution is 2.34. The van der Waals surface area contributed by atoms with Crippen molar-refractivity contribution >= 4 is 17.6 Å². The summed E-state index contributed by atoms with van der Waals surface area (Å²) in [6.07, 6.45) is -3.82. The lowest BCUT2D eigenvalue weighted by Gasteiger charge is -2.13. The molecular weight excluding hydrogens is 293 g/mol. The maximum Gasteiger partial charge on any atom is 0.417 e. The van der Waals surface area contributed by atoms with Crippen molar-refractivity contribution in [2.75, 3.05) is 19.5 Å². The van der Waals surface area contributed by atoms with Crippen molar-refractivity contribution in [1.29, 1.82) is 0 Å². The van der Waals surface area contributed by atoms with E-state index >= 15 is 0 Å². The largest absolute Gasteiger partial charge is 0.417 e. The molecule has 0 amide bonds. The van der Waals surface area contributed by atoms with Crippen LogP contribution in [0.4, 0.5) is 13.2 Å². The monoisotopic (exact) mass is 308 g/mol. The Bertz CT molecular complexity index is 478. The van der Waals surface area contributed by atoms with Crippen LogP contribution in [0.1, 0.15) is 17.5 Å². The van der Waals surface area contributed by atoms with Crippen LogP contribution in [0.25, 0.3) is 0 Å². The average Bonchev–Trinajstić information content (AvgIpc) is 2.41. The average molecular weight is 308 g/mol. The maximum absolute atomic E-state index is 12.9. The number of rotatable bonds is 6. The number of thioether (sulfide) groups is 1. The number of ether oxygens (including phenoxy) is 1. The fraction of sp³-hybridized carbons (Fsp3) is 0.417. The second-order valence-electron chi connectivity index (χ2n) is 3.89. The van der Waals surface area contributed by atoms with Crippen molar-refractivity contribution in [3.63, 3.8) is 0 Å². The van der Waals surface area contributed by atoms with Crippen LogP contribution < -0.4 is 5.73 Å². The Labute approximate surface area is 118 Å². The molecule has 1 rings (SSSR count). The highest BCUT2D eigenvalue weighted by Gasteiger charge is 2.34. The van der Waals surface area contributed by atoms with Crippen LogP contribution in [-0.2, 0) is 10.9 Å². The first-order valence-electron chi connectivity index (χ1n) is 5.71. The molecule has 0 aliphatic rings. The summed E-state index contributed by atoms with van der Waals surface area (Å²) < 4.78 is 43.7. The van der Waals surface area contributed by atoms with Crippen molar-refractivity contribution in [3.05, 3.63) is 29.3 Å². The maximum atomic E-state index is 12.9. The van der Waals surface area contributed by atoms with E-state index in [-0.39, 0.29) is 5.56 Å². The standard InChI is InChI=1S/C12H15F3N2O2S/c1-19-5-2-6-20-8-3-4-9(11(16)17-18)10(7-8)12(13,14)15/h3-4,7,18H,2,5-6H2,1H3,(H2,16,17). The normalized spacial score (nSPS) is 12.7. The summed E-state index contributed by atoms with van der Waals surface area (Å²) in [7, 11) is 1.57. The van der Waals surface area contributed by atoms with Gasteiger partial charge in [0.2, 0.25) is 0 Å². The number of benzene rings is 1. The SMILES string of the molecule is COCCCSc1ccc(C(N)=NO)c(C(F)(F)F)c1. The molecule has 0 atom stereocenters. The Morgan fingerprint density at radius 3 is 2.70 bits per heavy atom. The smallest absolute Gasteiger partial charge is 0.409 e. The third kappa shape index (κ3) is 4.61. The van der Waals surface area contributed by atoms with E-state index in [0.29, 0.717) is 17.3 Å². The molecule has 0 aromatic heterocycles. The zero-order chi connectivity index (χ0) is 15.2. The van der Waals surface area contributed by atoms with Gasteiger partial charge in [0, 0.05) is 29.9 Å². The lowest BCUT2D eigenvalue weighted by molar-refractivity contribution is -0.137. The Morgan fingerprint density at radius 2 is 2.15 bits per heavy atom. The van der Waals surface area contributed by atoms with Crippen molar-refractivity contribution in [2.45, 2.75) is 17.5 Å². The number of nitrogens with zero attached hydrogens (tertiary/aromatic N) is 1. The summed E-state index contributed by atoms with van der Waals surface area (Å²) in [5.74, 6) is 0.0851. The zero-order valence-electron chi connectivity index (χ0n) is 10.8. The number of halogens is 3. The van der Waals surface area contributed by atoms with E-state index in [1.165, 1.54) is 23.9 Å². The molecule has 20 heavy (non-hydrogen) atoms. The number of hydrogen-bond acceptors (Lipinski definition) is 4. The Kier molecular flexibility index (Phi) is 6.15. The van der Waals surface area contributed by atoms with E-state index < -0.39 is 17.6 Å². The molecule has 0 fully saturated rings. The van der Waals surface area contributed by atoms with Gasteiger partial charge in [-0.3, -0.25) is 0 Å². The number of oxime groups is 1. The summed E-state index contributed by atoms with van der Waals surface area (Å²) in [4.78, 5) is 0.475. The molecule has 3 N–H and O–H groups in total. The van der Waals surface area contributed by atoms with Gasteiger partial charge in [-0.1, -0.05) is 5.16 Å². The van der Waals surface area contributed by atoms with Gasteiger partial charge in [0.25, 0.3) is 0 Å². The lowest BCUT2D eigenvalue weighted by atomic mass is 10.1. The third-order valence-corrected chi connectivity index (χ3v) is 3.52. The predicted molar refractivity (Wildman–Crippen MR) is 71.2 cm³/mol. The topological polar surface area (TPSA) is 67.8 Å². The van der Waals surface area contributed by atoms with E-state index in [9.17, 15) is 13.2 Å². The molecule has 4 nitrogen and oxygen atoms in total. The number of alkyl halides is 3. The van der Waals surface area contributed by atoms with Gasteiger partial charge < -0.3 is 15.7 Å². The molecule has 0 heterocycles. The highest BCUT2D eigenvalue weighted by atomic mass is 32.2. The van der Waals surface area contributed by atoms with Crippen molar-refractivity contribution < 1.29 is 23.1 Å². The molecule has 0 saturated carbocycles. The van der Waals surface area contributed by atoms with Gasteiger partial charge in [0.05, 0.1) is 5.56 Å². The van der Waals surface area contributed by atoms with Crippen LogP contribution in [0.3, 0.4) is 0 Å². The van der Waals surface area contributed by atoms with Gasteiger partial charge in [0.1, 0.15) is 0 Å². The first-order chi connectivity index (χ1) is 9.40. The van der Waals surface area contributed by atoms with E-state index in [1.807, 2.05) is 0 Å². The summed E-state index contributed by atoms with van der Waals surface area (Å²) in [6.45, 7) is 0.557. The zero-order valence-corrected chi connectivity index (χ0v) is 11.6. The molecule has 0 bridgehead atoms. The second-order valence-corrected chi connectivity index (χ2v) is 5.05. The van der Waals surface area contributed by atoms with Crippen LogP contribution in [0.15, 0.2) is 28.3 Å². The molecule has 0 radical (unpaired) electrons. The molecule has 0 saturated heterocycles. The molecule has 8 heteroatoms. The van der Waals surface area contributed by atoms with Crippen molar-refractivity contribution in [1.82, 2.24) is 0 Å². The Morgan fingerprint density at radius 1 is 1.45 bits per heavy atom. The van der Waals surface area contributed by atoms with Gasteiger partial charge in [-0.05, 0) is 24.6 Å². The molecule has 0 spiro atoms. The highest BCUT2D eigenvalue weighted by molar-refractivity contribution is 7.99. The van der Waals surface area contributed by atoms with Crippen LogP contribution in [-0.4, -0.2) is 30.5 Å². The summed E-state index contributed by atoms with van der Waals surface area (Å²) >= 11 is 1.30. The lowest BCUT2D eigenvalue weighted by Crippen LogP contribution is -2.20. The van der Waals surface area contributed by atoms with Crippen LogP contribution in [0, 0.1) is 0 Å². The molecule has 112 valence electrons. The van der Waals surface area contributed by atoms with Gasteiger partial charge in [-0.25, -0.2) is 0 Å². The van der Waals surface area contributed by atoms with Gasteiger partial charge >= 0.3 is 6.18 Å². The third-order valence-electron chi connectivity index (χ3n) is 2.44. The predicted octanol–water partition coefficient (Wildman–Crippen LogP) is 2.93. The Hall–Kier alpha value is -1.41. The summed E-state index contributed by atoms with van der Waals surface area (Å²) in [5.41, 5.74) is 4.01.